The molecule has 1 spiro atoms. The van der Waals surface area contributed by atoms with Crippen molar-refractivity contribution in [3.63, 3.8) is 0 Å². The lowest BCUT2D eigenvalue weighted by Crippen LogP contribution is -2.46. The molecular formula is C34H36O4. The van der Waals surface area contributed by atoms with Crippen LogP contribution in [0.3, 0.4) is 0 Å². The fraction of sp³-hybridized carbons (Fsp3) is 0.353. The van der Waals surface area contributed by atoms with E-state index in [0.29, 0.717) is 11.5 Å². The minimum Gasteiger partial charge on any atom is -0.507 e. The molecule has 2 aliphatic carbocycles. The molecule has 196 valence electrons. The third-order valence-electron chi connectivity index (χ3n) is 9.62. The van der Waals surface area contributed by atoms with Crippen LogP contribution in [0, 0.1) is 10.8 Å². The van der Waals surface area contributed by atoms with Gasteiger partial charge in [0.25, 0.3) is 0 Å². The number of methoxy groups -OCH3 is 2. The second kappa shape index (κ2) is 8.25. The van der Waals surface area contributed by atoms with E-state index in [2.05, 4.69) is 58.0 Å². The van der Waals surface area contributed by atoms with Crippen LogP contribution in [0.2, 0.25) is 0 Å². The molecule has 0 saturated heterocycles. The van der Waals surface area contributed by atoms with E-state index < -0.39 is 0 Å². The van der Waals surface area contributed by atoms with Crippen LogP contribution in [0.4, 0.5) is 0 Å². The van der Waals surface area contributed by atoms with Crippen molar-refractivity contribution in [3.8, 4) is 39.5 Å². The number of rotatable bonds is 4. The summed E-state index contributed by atoms with van der Waals surface area (Å²) >= 11 is 0. The Morgan fingerprint density at radius 1 is 0.737 bits per heavy atom. The molecule has 6 rings (SSSR count). The highest BCUT2D eigenvalue weighted by Crippen LogP contribution is 2.72. The molecule has 1 fully saturated rings. The van der Waals surface area contributed by atoms with Crippen molar-refractivity contribution >= 4 is 10.8 Å². The number of phenolic OH excluding ortho intramolecular Hbond substituents is 1. The van der Waals surface area contributed by atoms with E-state index in [-0.39, 0.29) is 28.6 Å². The molecule has 0 radical (unpaired) electrons. The number of fused-ring (bicyclic) bond motifs is 7. The van der Waals surface area contributed by atoms with Gasteiger partial charge in [0.1, 0.15) is 17.2 Å². The van der Waals surface area contributed by atoms with Crippen LogP contribution in [-0.4, -0.2) is 24.4 Å². The van der Waals surface area contributed by atoms with Gasteiger partial charge < -0.3 is 19.7 Å². The summed E-state index contributed by atoms with van der Waals surface area (Å²) in [5, 5.41) is 23.9. The summed E-state index contributed by atoms with van der Waals surface area (Å²) < 4.78 is 11.1. The molecular weight excluding hydrogens is 472 g/mol. The monoisotopic (exact) mass is 508 g/mol. The largest absolute Gasteiger partial charge is 0.507 e. The smallest absolute Gasteiger partial charge is 0.130 e. The van der Waals surface area contributed by atoms with Crippen molar-refractivity contribution < 1.29 is 19.7 Å². The number of hydrogen-bond donors (Lipinski definition) is 2. The first-order valence-electron chi connectivity index (χ1n) is 13.4. The van der Waals surface area contributed by atoms with Crippen LogP contribution in [0.5, 0.6) is 17.2 Å². The summed E-state index contributed by atoms with van der Waals surface area (Å²) in [5.41, 5.74) is 7.21. The predicted octanol–water partition coefficient (Wildman–Crippen LogP) is 7.83. The van der Waals surface area contributed by atoms with Gasteiger partial charge in [-0.05, 0) is 92.8 Å². The molecule has 38 heavy (non-hydrogen) atoms. The molecule has 2 N–H and O–H groups in total. The quantitative estimate of drug-likeness (QED) is 0.295. The highest BCUT2D eigenvalue weighted by atomic mass is 16.5. The molecule has 0 aliphatic heterocycles. The molecule has 4 nitrogen and oxygen atoms in total. The molecule has 4 aromatic rings. The average Bonchev–Trinajstić information content (AvgIpc) is 3.33. The first kappa shape index (κ1) is 24.8. The van der Waals surface area contributed by atoms with Gasteiger partial charge in [-0.15, -0.1) is 0 Å². The number of aliphatic hydroxyl groups excluding tert-OH is 1. The Kier molecular flexibility index (Phi) is 5.39. The standard InChI is InChI=1S/C34H36O4/c1-32(2)13-14-33(3,4)34(32)27-10-8-7-9-23(27)31-26-15-20(19-35)24(17-25(26)29(36)18-28(31)34)22-12-11-21(37-5)16-30(22)38-6/h7-12,15-18,35-36H,13-14,19H2,1-6H3. The van der Waals surface area contributed by atoms with Gasteiger partial charge in [-0.2, -0.15) is 0 Å². The lowest BCUT2D eigenvalue weighted by atomic mass is 9.54. The third kappa shape index (κ3) is 3.01. The Balaban J connectivity index is 1.71. The van der Waals surface area contributed by atoms with Crippen LogP contribution in [0.1, 0.15) is 57.2 Å². The van der Waals surface area contributed by atoms with Crippen molar-refractivity contribution in [1.82, 2.24) is 0 Å². The van der Waals surface area contributed by atoms with E-state index >= 15 is 0 Å². The summed E-state index contributed by atoms with van der Waals surface area (Å²) in [6, 6.07) is 20.5. The van der Waals surface area contributed by atoms with Crippen LogP contribution < -0.4 is 9.47 Å². The molecule has 4 aromatic carbocycles. The maximum Gasteiger partial charge on any atom is 0.130 e. The van der Waals surface area contributed by atoms with Crippen LogP contribution >= 0.6 is 0 Å². The van der Waals surface area contributed by atoms with Gasteiger partial charge in [-0.3, -0.25) is 0 Å². The molecule has 0 aromatic heterocycles. The maximum absolute atomic E-state index is 11.6. The third-order valence-corrected chi connectivity index (χ3v) is 9.62. The van der Waals surface area contributed by atoms with Crippen molar-refractivity contribution in [2.45, 2.75) is 52.6 Å². The highest BCUT2D eigenvalue weighted by Gasteiger charge is 2.64. The fourth-order valence-electron chi connectivity index (χ4n) is 8.03. The second-order valence-electron chi connectivity index (χ2n) is 12.2. The average molecular weight is 509 g/mol. The highest BCUT2D eigenvalue weighted by molar-refractivity contribution is 6.07. The SMILES string of the molecule is COc1ccc(-c2cc3c(O)cc4c(c3cc2CO)-c2ccccc2C42C(C)(C)CCC2(C)C)c(OC)c1. The van der Waals surface area contributed by atoms with Crippen molar-refractivity contribution in [2.75, 3.05) is 14.2 Å². The van der Waals surface area contributed by atoms with E-state index in [1.807, 2.05) is 30.3 Å². The Morgan fingerprint density at radius 2 is 1.45 bits per heavy atom. The van der Waals surface area contributed by atoms with Gasteiger partial charge in [0.2, 0.25) is 0 Å². The number of aliphatic hydroxyl groups is 1. The normalized spacial score (nSPS) is 18.0. The van der Waals surface area contributed by atoms with Gasteiger partial charge in [-0.1, -0.05) is 52.0 Å². The summed E-state index contributed by atoms with van der Waals surface area (Å²) in [6.45, 7) is 9.40. The first-order chi connectivity index (χ1) is 18.1. The zero-order valence-electron chi connectivity index (χ0n) is 23.1. The molecule has 0 amide bonds. The van der Waals surface area contributed by atoms with Crippen molar-refractivity contribution in [3.05, 3.63) is 77.4 Å². The zero-order valence-corrected chi connectivity index (χ0v) is 23.1. The van der Waals surface area contributed by atoms with Crippen LogP contribution in [0.25, 0.3) is 33.0 Å². The molecule has 0 atom stereocenters. The Labute approximate surface area is 224 Å². The minimum atomic E-state index is -0.227. The number of hydrogen-bond acceptors (Lipinski definition) is 4. The van der Waals surface area contributed by atoms with Gasteiger partial charge in [0, 0.05) is 22.4 Å². The second-order valence-corrected chi connectivity index (χ2v) is 12.2. The molecule has 2 aliphatic rings. The summed E-state index contributed by atoms with van der Waals surface area (Å²) in [7, 11) is 3.25. The molecule has 0 heterocycles. The lowest BCUT2D eigenvalue weighted by Gasteiger charge is -2.49. The van der Waals surface area contributed by atoms with E-state index in [1.165, 1.54) is 22.3 Å². The van der Waals surface area contributed by atoms with E-state index in [4.69, 9.17) is 9.47 Å². The first-order valence-corrected chi connectivity index (χ1v) is 13.4. The molecule has 4 heteroatoms. The lowest BCUT2D eigenvalue weighted by molar-refractivity contribution is 0.150. The Morgan fingerprint density at radius 3 is 2.11 bits per heavy atom. The van der Waals surface area contributed by atoms with Crippen LogP contribution in [-0.2, 0) is 12.0 Å². The number of ether oxygens (including phenoxy) is 2. The van der Waals surface area contributed by atoms with Gasteiger partial charge in [-0.25, -0.2) is 0 Å². The Bertz CT molecular complexity index is 1580. The topological polar surface area (TPSA) is 58.9 Å². The summed E-state index contributed by atoms with van der Waals surface area (Å²) in [6.07, 6.45) is 2.23. The molecule has 0 bridgehead atoms. The number of aromatic hydroxyl groups is 1. The van der Waals surface area contributed by atoms with E-state index in [0.717, 1.165) is 40.3 Å². The Hall–Kier alpha value is -3.50. The minimum absolute atomic E-state index is 0.00812. The summed E-state index contributed by atoms with van der Waals surface area (Å²) in [5.74, 6) is 1.61. The summed E-state index contributed by atoms with van der Waals surface area (Å²) in [4.78, 5) is 0. The zero-order chi connectivity index (χ0) is 27.0. The predicted molar refractivity (Wildman–Crippen MR) is 153 cm³/mol. The molecule has 0 unspecified atom stereocenters. The fourth-order valence-corrected chi connectivity index (χ4v) is 8.03. The van der Waals surface area contributed by atoms with E-state index in [1.54, 1.807) is 14.2 Å². The van der Waals surface area contributed by atoms with Gasteiger partial charge in [0.15, 0.2) is 0 Å². The number of benzene rings is 4. The van der Waals surface area contributed by atoms with Crippen LogP contribution in [0.15, 0.2) is 60.7 Å². The van der Waals surface area contributed by atoms with Crippen molar-refractivity contribution in [1.29, 1.82) is 0 Å². The van der Waals surface area contributed by atoms with Gasteiger partial charge in [0.05, 0.1) is 20.8 Å². The van der Waals surface area contributed by atoms with E-state index in [9.17, 15) is 10.2 Å². The van der Waals surface area contributed by atoms with Crippen molar-refractivity contribution in [2.24, 2.45) is 10.8 Å². The maximum atomic E-state index is 11.6. The van der Waals surface area contributed by atoms with Gasteiger partial charge >= 0.3 is 0 Å². The number of phenols is 1. The molecule has 1 saturated carbocycles.